The molecule has 5 heteroatoms. The second-order valence-electron chi connectivity index (χ2n) is 5.08. The standard InChI is InChI=1S/C14H18F4O/c1-8-4-5-10(17)6-11(8)14(3,7-15)13(18)12(19)9(2)16/h4-6,9,12-13,19H,7H2,1-3H3. The summed E-state index contributed by atoms with van der Waals surface area (Å²) in [6, 6.07) is 3.60. The van der Waals surface area contributed by atoms with Crippen molar-refractivity contribution in [1.29, 1.82) is 0 Å². The Labute approximate surface area is 110 Å². The Hall–Kier alpha value is -1.10. The first-order chi connectivity index (χ1) is 8.74. The van der Waals surface area contributed by atoms with Gasteiger partial charge in [0.2, 0.25) is 0 Å². The van der Waals surface area contributed by atoms with Gasteiger partial charge in [-0.2, -0.15) is 0 Å². The molecule has 0 aromatic heterocycles. The van der Waals surface area contributed by atoms with Crippen molar-refractivity contribution in [3.63, 3.8) is 0 Å². The van der Waals surface area contributed by atoms with Crippen molar-refractivity contribution in [2.24, 2.45) is 0 Å². The van der Waals surface area contributed by atoms with Crippen LogP contribution >= 0.6 is 0 Å². The molecule has 4 unspecified atom stereocenters. The predicted molar refractivity (Wildman–Crippen MR) is 65.9 cm³/mol. The van der Waals surface area contributed by atoms with Gasteiger partial charge in [0.15, 0.2) is 0 Å². The summed E-state index contributed by atoms with van der Waals surface area (Å²) in [5.74, 6) is -0.629. The monoisotopic (exact) mass is 278 g/mol. The molecule has 1 aromatic rings. The van der Waals surface area contributed by atoms with Crippen LogP contribution in [0.15, 0.2) is 18.2 Å². The minimum absolute atomic E-state index is 0.0993. The third kappa shape index (κ3) is 3.08. The van der Waals surface area contributed by atoms with Gasteiger partial charge >= 0.3 is 0 Å². The number of aryl methyl sites for hydroxylation is 1. The fourth-order valence-electron chi connectivity index (χ4n) is 2.11. The first kappa shape index (κ1) is 16.0. The molecular formula is C14H18F4O. The van der Waals surface area contributed by atoms with Crippen LogP contribution in [0.2, 0.25) is 0 Å². The Morgan fingerprint density at radius 3 is 2.37 bits per heavy atom. The molecule has 0 bridgehead atoms. The van der Waals surface area contributed by atoms with E-state index in [1.807, 2.05) is 0 Å². The van der Waals surface area contributed by atoms with Crippen LogP contribution < -0.4 is 0 Å². The van der Waals surface area contributed by atoms with Gasteiger partial charge in [0.25, 0.3) is 0 Å². The zero-order chi connectivity index (χ0) is 14.8. The Morgan fingerprint density at radius 1 is 1.32 bits per heavy atom. The molecule has 0 aliphatic heterocycles. The van der Waals surface area contributed by atoms with Crippen LogP contribution in [0.1, 0.15) is 25.0 Å². The lowest BCUT2D eigenvalue weighted by molar-refractivity contribution is -0.0204. The summed E-state index contributed by atoms with van der Waals surface area (Å²) >= 11 is 0. The van der Waals surface area contributed by atoms with Gasteiger partial charge in [-0.25, -0.2) is 13.2 Å². The van der Waals surface area contributed by atoms with Gasteiger partial charge < -0.3 is 5.11 Å². The van der Waals surface area contributed by atoms with E-state index >= 15 is 0 Å². The van der Waals surface area contributed by atoms with Gasteiger partial charge in [-0.3, -0.25) is 4.39 Å². The summed E-state index contributed by atoms with van der Waals surface area (Å²) in [6.45, 7) is 2.63. The van der Waals surface area contributed by atoms with Crippen LogP contribution in [0.3, 0.4) is 0 Å². The van der Waals surface area contributed by atoms with E-state index in [0.717, 1.165) is 13.0 Å². The maximum absolute atomic E-state index is 14.2. The van der Waals surface area contributed by atoms with Crippen LogP contribution in [0.5, 0.6) is 0 Å². The number of aliphatic hydroxyl groups excluding tert-OH is 1. The quantitative estimate of drug-likeness (QED) is 0.818. The SMILES string of the molecule is Cc1ccc(F)cc1C(C)(CF)C(F)C(O)C(C)F. The minimum atomic E-state index is -2.17. The van der Waals surface area contributed by atoms with Gasteiger partial charge in [0.1, 0.15) is 30.9 Å². The Bertz CT molecular complexity index is 435. The van der Waals surface area contributed by atoms with Gasteiger partial charge in [0.05, 0.1) is 5.41 Å². The second kappa shape index (κ2) is 5.90. The van der Waals surface area contributed by atoms with Crippen molar-refractivity contribution in [3.8, 4) is 0 Å². The molecule has 1 nitrogen and oxygen atoms in total. The van der Waals surface area contributed by atoms with Crippen molar-refractivity contribution in [1.82, 2.24) is 0 Å². The molecular weight excluding hydrogens is 260 g/mol. The first-order valence-corrected chi connectivity index (χ1v) is 6.03. The molecule has 0 aliphatic carbocycles. The topological polar surface area (TPSA) is 20.2 Å². The lowest BCUT2D eigenvalue weighted by Crippen LogP contribution is -2.47. The van der Waals surface area contributed by atoms with Crippen LogP contribution in [0.4, 0.5) is 17.6 Å². The number of halogens is 4. The van der Waals surface area contributed by atoms with Crippen molar-refractivity contribution in [3.05, 3.63) is 35.1 Å². The van der Waals surface area contributed by atoms with Gasteiger partial charge in [0, 0.05) is 0 Å². The zero-order valence-electron chi connectivity index (χ0n) is 11.1. The highest BCUT2D eigenvalue weighted by atomic mass is 19.2. The molecule has 1 rings (SSSR count). The molecule has 0 spiro atoms. The maximum Gasteiger partial charge on any atom is 0.141 e. The van der Waals surface area contributed by atoms with Crippen LogP contribution in [0, 0.1) is 12.7 Å². The van der Waals surface area contributed by atoms with Gasteiger partial charge in [-0.05, 0) is 37.1 Å². The Kier molecular flexibility index (Phi) is 4.96. The highest BCUT2D eigenvalue weighted by Crippen LogP contribution is 2.35. The summed E-state index contributed by atoms with van der Waals surface area (Å²) < 4.78 is 53.8. The largest absolute Gasteiger partial charge is 0.387 e. The zero-order valence-corrected chi connectivity index (χ0v) is 11.1. The van der Waals surface area contributed by atoms with Crippen molar-refractivity contribution in [2.75, 3.05) is 6.67 Å². The van der Waals surface area contributed by atoms with E-state index in [-0.39, 0.29) is 5.56 Å². The molecule has 0 saturated carbocycles. The number of alkyl halides is 3. The van der Waals surface area contributed by atoms with Gasteiger partial charge in [-0.15, -0.1) is 0 Å². The van der Waals surface area contributed by atoms with E-state index in [1.165, 1.54) is 19.1 Å². The van der Waals surface area contributed by atoms with E-state index in [1.54, 1.807) is 6.92 Å². The third-order valence-corrected chi connectivity index (χ3v) is 3.47. The van der Waals surface area contributed by atoms with Crippen LogP contribution in [-0.2, 0) is 5.41 Å². The summed E-state index contributed by atoms with van der Waals surface area (Å²) in [5, 5.41) is 9.47. The van der Waals surface area contributed by atoms with Crippen molar-refractivity contribution < 1.29 is 22.7 Å². The van der Waals surface area contributed by atoms with E-state index in [0.29, 0.717) is 5.56 Å². The van der Waals surface area contributed by atoms with E-state index < -0.39 is 36.4 Å². The Balaban J connectivity index is 3.26. The van der Waals surface area contributed by atoms with Gasteiger partial charge in [-0.1, -0.05) is 13.0 Å². The molecule has 4 atom stereocenters. The summed E-state index contributed by atoms with van der Waals surface area (Å²) in [5.41, 5.74) is -1.20. The summed E-state index contributed by atoms with van der Waals surface area (Å²) in [7, 11) is 0. The lowest BCUT2D eigenvalue weighted by atomic mass is 9.75. The average Bonchev–Trinajstić information content (AvgIpc) is 2.38. The van der Waals surface area contributed by atoms with Crippen molar-refractivity contribution in [2.45, 2.75) is 44.6 Å². The van der Waals surface area contributed by atoms with E-state index in [2.05, 4.69) is 0 Å². The predicted octanol–water partition coefficient (Wildman–Crippen LogP) is 3.42. The number of aliphatic hydroxyl groups is 1. The van der Waals surface area contributed by atoms with E-state index in [9.17, 15) is 22.7 Å². The van der Waals surface area contributed by atoms with Crippen LogP contribution in [-0.4, -0.2) is 30.2 Å². The number of hydrogen-bond donors (Lipinski definition) is 1. The fourth-order valence-corrected chi connectivity index (χ4v) is 2.11. The highest BCUT2D eigenvalue weighted by Gasteiger charge is 2.44. The highest BCUT2D eigenvalue weighted by molar-refractivity contribution is 5.35. The number of hydrogen-bond acceptors (Lipinski definition) is 1. The minimum Gasteiger partial charge on any atom is -0.387 e. The smallest absolute Gasteiger partial charge is 0.141 e. The molecule has 0 radical (unpaired) electrons. The van der Waals surface area contributed by atoms with E-state index in [4.69, 9.17) is 0 Å². The molecule has 1 N–H and O–H groups in total. The lowest BCUT2D eigenvalue weighted by Gasteiger charge is -2.35. The molecule has 0 fully saturated rings. The molecule has 108 valence electrons. The summed E-state index contributed by atoms with van der Waals surface area (Å²) in [4.78, 5) is 0. The molecule has 1 aromatic carbocycles. The maximum atomic E-state index is 14.2. The normalized spacial score (nSPS) is 19.6. The number of rotatable bonds is 5. The Morgan fingerprint density at radius 2 is 1.89 bits per heavy atom. The summed E-state index contributed by atoms with van der Waals surface area (Å²) in [6.07, 6.45) is -5.96. The molecule has 0 saturated heterocycles. The second-order valence-corrected chi connectivity index (χ2v) is 5.08. The molecule has 0 amide bonds. The average molecular weight is 278 g/mol. The molecule has 0 heterocycles. The molecule has 19 heavy (non-hydrogen) atoms. The van der Waals surface area contributed by atoms with Crippen LogP contribution in [0.25, 0.3) is 0 Å². The molecule has 0 aliphatic rings. The first-order valence-electron chi connectivity index (χ1n) is 6.03. The third-order valence-electron chi connectivity index (χ3n) is 3.47. The fraction of sp³-hybridized carbons (Fsp3) is 0.571. The number of benzene rings is 1. The van der Waals surface area contributed by atoms with Crippen molar-refractivity contribution >= 4 is 0 Å².